The van der Waals surface area contributed by atoms with Gasteiger partial charge < -0.3 is 20.5 Å². The van der Waals surface area contributed by atoms with Crippen LogP contribution in [0.4, 0.5) is 10.5 Å². The molecule has 0 spiro atoms. The lowest BCUT2D eigenvalue weighted by Crippen LogP contribution is -2.30. The molecule has 1 aromatic carbocycles. The number of urea groups is 1. The van der Waals surface area contributed by atoms with E-state index in [0.29, 0.717) is 0 Å². The molecule has 0 radical (unpaired) electrons. The first-order valence-corrected chi connectivity index (χ1v) is 8.81. The number of carbonyl (C=O) groups excluding carboxylic acids is 2. The molecule has 1 aromatic rings. The first kappa shape index (κ1) is 19.4. The van der Waals surface area contributed by atoms with Crippen molar-refractivity contribution in [3.8, 4) is 0 Å². The molecule has 0 atom stereocenters. The zero-order valence-electron chi connectivity index (χ0n) is 13.2. The zero-order valence-corrected chi connectivity index (χ0v) is 14.0. The van der Waals surface area contributed by atoms with Crippen molar-refractivity contribution in [2.75, 3.05) is 24.7 Å². The van der Waals surface area contributed by atoms with E-state index in [-0.39, 0.29) is 35.7 Å². The molecule has 0 saturated heterocycles. The molecule has 24 heavy (non-hydrogen) atoms. The summed E-state index contributed by atoms with van der Waals surface area (Å²) in [5.74, 6) is -1.80. The SMILES string of the molecule is CCOC(=O)c1cc(NC(=O)NCCC(=O)O)cc(S(C)(=O)=O)c1. The molecule has 2 amide bonds. The Morgan fingerprint density at radius 3 is 2.42 bits per heavy atom. The summed E-state index contributed by atoms with van der Waals surface area (Å²) in [6, 6.07) is 2.88. The molecule has 1 rings (SSSR count). The molecule has 3 N–H and O–H groups in total. The van der Waals surface area contributed by atoms with Crippen LogP contribution in [0.25, 0.3) is 0 Å². The fourth-order valence-corrected chi connectivity index (χ4v) is 2.36. The van der Waals surface area contributed by atoms with Gasteiger partial charge in [0.15, 0.2) is 9.84 Å². The van der Waals surface area contributed by atoms with E-state index >= 15 is 0 Å². The molecular formula is C14H18N2O7S. The van der Waals surface area contributed by atoms with E-state index in [1.807, 2.05) is 0 Å². The number of anilines is 1. The van der Waals surface area contributed by atoms with Crippen LogP contribution >= 0.6 is 0 Å². The molecule has 0 heterocycles. The van der Waals surface area contributed by atoms with Gasteiger partial charge in [-0.15, -0.1) is 0 Å². The summed E-state index contributed by atoms with van der Waals surface area (Å²) in [5.41, 5.74) is 0.0365. The maximum atomic E-state index is 11.8. The number of amides is 2. The quantitative estimate of drug-likeness (QED) is 0.614. The van der Waals surface area contributed by atoms with Gasteiger partial charge in [-0.2, -0.15) is 0 Å². The van der Waals surface area contributed by atoms with Crippen molar-refractivity contribution in [1.29, 1.82) is 0 Å². The zero-order chi connectivity index (χ0) is 18.3. The average molecular weight is 358 g/mol. The minimum atomic E-state index is -3.62. The van der Waals surface area contributed by atoms with Crippen LogP contribution in [0, 0.1) is 0 Å². The van der Waals surface area contributed by atoms with Gasteiger partial charge in [-0.1, -0.05) is 0 Å². The number of hydrogen-bond donors (Lipinski definition) is 3. The molecule has 0 aromatic heterocycles. The molecule has 10 heteroatoms. The summed E-state index contributed by atoms with van der Waals surface area (Å²) in [4.78, 5) is 33.7. The number of carboxylic acid groups (broad SMARTS) is 1. The van der Waals surface area contributed by atoms with Crippen molar-refractivity contribution in [2.45, 2.75) is 18.2 Å². The second-order valence-corrected chi connectivity index (χ2v) is 6.78. The van der Waals surface area contributed by atoms with Gasteiger partial charge in [0.1, 0.15) is 0 Å². The first-order chi connectivity index (χ1) is 11.1. The maximum Gasteiger partial charge on any atom is 0.338 e. The Balaban J connectivity index is 3.00. The summed E-state index contributed by atoms with van der Waals surface area (Å²) in [5, 5.41) is 13.1. The van der Waals surface area contributed by atoms with Crippen molar-refractivity contribution < 1.29 is 32.6 Å². The van der Waals surface area contributed by atoms with E-state index in [1.165, 1.54) is 12.1 Å². The molecule has 0 aliphatic rings. The number of nitrogens with one attached hydrogen (secondary N) is 2. The summed E-state index contributed by atoms with van der Waals surface area (Å²) in [7, 11) is -3.62. The Morgan fingerprint density at radius 2 is 1.88 bits per heavy atom. The van der Waals surface area contributed by atoms with Crippen LogP contribution in [0.1, 0.15) is 23.7 Å². The topological polar surface area (TPSA) is 139 Å². The molecule has 0 aliphatic heterocycles. The van der Waals surface area contributed by atoms with E-state index in [1.54, 1.807) is 6.92 Å². The second kappa shape index (κ2) is 8.29. The van der Waals surface area contributed by atoms with E-state index in [4.69, 9.17) is 9.84 Å². The number of sulfone groups is 1. The van der Waals surface area contributed by atoms with Crippen LogP contribution in [0.2, 0.25) is 0 Å². The van der Waals surface area contributed by atoms with Crippen molar-refractivity contribution in [1.82, 2.24) is 5.32 Å². The van der Waals surface area contributed by atoms with E-state index in [9.17, 15) is 22.8 Å². The van der Waals surface area contributed by atoms with E-state index < -0.39 is 27.8 Å². The Bertz CT molecular complexity index is 743. The summed E-state index contributed by atoms with van der Waals surface area (Å²) in [6.45, 7) is 1.62. The van der Waals surface area contributed by atoms with Gasteiger partial charge in [0.25, 0.3) is 0 Å². The molecule has 0 bridgehead atoms. The highest BCUT2D eigenvalue weighted by atomic mass is 32.2. The lowest BCUT2D eigenvalue weighted by atomic mass is 10.2. The molecule has 9 nitrogen and oxygen atoms in total. The highest BCUT2D eigenvalue weighted by Gasteiger charge is 2.16. The lowest BCUT2D eigenvalue weighted by Gasteiger charge is -2.10. The standard InChI is InChI=1S/C14H18N2O7S/c1-3-23-13(19)9-6-10(8-11(7-9)24(2,21)22)16-14(20)15-5-4-12(17)18/h6-8H,3-5H2,1-2H3,(H,17,18)(H2,15,16,20). The van der Waals surface area contributed by atoms with Gasteiger partial charge >= 0.3 is 18.0 Å². The largest absolute Gasteiger partial charge is 0.481 e. The minimum absolute atomic E-state index is 0.0272. The van der Waals surface area contributed by atoms with Crippen molar-refractivity contribution in [3.05, 3.63) is 23.8 Å². The van der Waals surface area contributed by atoms with Gasteiger partial charge in [0.2, 0.25) is 0 Å². The molecular weight excluding hydrogens is 340 g/mol. The molecule has 0 unspecified atom stereocenters. The third kappa shape index (κ3) is 6.24. The average Bonchev–Trinajstić information content (AvgIpc) is 2.45. The van der Waals surface area contributed by atoms with Crippen molar-refractivity contribution >= 4 is 33.5 Å². The Labute approximate surface area is 138 Å². The molecule has 0 aliphatic carbocycles. The third-order valence-electron chi connectivity index (χ3n) is 2.73. The fraction of sp³-hybridized carbons (Fsp3) is 0.357. The fourth-order valence-electron chi connectivity index (χ4n) is 1.68. The third-order valence-corrected chi connectivity index (χ3v) is 3.82. The van der Waals surface area contributed by atoms with E-state index in [0.717, 1.165) is 12.3 Å². The lowest BCUT2D eigenvalue weighted by molar-refractivity contribution is -0.136. The summed E-state index contributed by atoms with van der Waals surface area (Å²) in [6.07, 6.45) is 0.707. The maximum absolute atomic E-state index is 11.8. The number of esters is 1. The van der Waals surface area contributed by atoms with Crippen LogP contribution in [0.3, 0.4) is 0 Å². The number of carbonyl (C=O) groups is 3. The number of carboxylic acids is 1. The van der Waals surface area contributed by atoms with Gasteiger partial charge in [-0.25, -0.2) is 18.0 Å². The number of benzene rings is 1. The predicted octanol–water partition coefficient (Wildman–Crippen LogP) is 0.863. The number of rotatable bonds is 7. The van der Waals surface area contributed by atoms with Crippen LogP contribution in [0.15, 0.2) is 23.1 Å². The van der Waals surface area contributed by atoms with Crippen LogP contribution < -0.4 is 10.6 Å². The highest BCUT2D eigenvalue weighted by Crippen LogP contribution is 2.20. The minimum Gasteiger partial charge on any atom is -0.481 e. The van der Waals surface area contributed by atoms with Crippen molar-refractivity contribution in [3.63, 3.8) is 0 Å². The first-order valence-electron chi connectivity index (χ1n) is 6.92. The normalized spacial score (nSPS) is 10.8. The Hall–Kier alpha value is -2.62. The molecule has 0 saturated carbocycles. The molecule has 132 valence electrons. The summed E-state index contributed by atoms with van der Waals surface area (Å²) < 4.78 is 28.2. The van der Waals surface area contributed by atoms with Crippen LogP contribution in [0.5, 0.6) is 0 Å². The van der Waals surface area contributed by atoms with Crippen LogP contribution in [-0.2, 0) is 19.4 Å². The number of aliphatic carboxylic acids is 1. The number of hydrogen-bond acceptors (Lipinski definition) is 6. The van der Waals surface area contributed by atoms with Gasteiger partial charge in [0.05, 0.1) is 23.5 Å². The van der Waals surface area contributed by atoms with Gasteiger partial charge in [-0.3, -0.25) is 4.79 Å². The Kier molecular flexibility index (Phi) is 6.71. The summed E-state index contributed by atoms with van der Waals surface area (Å²) >= 11 is 0. The van der Waals surface area contributed by atoms with Crippen molar-refractivity contribution in [2.24, 2.45) is 0 Å². The Morgan fingerprint density at radius 1 is 1.21 bits per heavy atom. The smallest absolute Gasteiger partial charge is 0.338 e. The predicted molar refractivity (Wildman–Crippen MR) is 84.8 cm³/mol. The number of ether oxygens (including phenoxy) is 1. The van der Waals surface area contributed by atoms with Gasteiger partial charge in [0, 0.05) is 18.5 Å². The van der Waals surface area contributed by atoms with Gasteiger partial charge in [-0.05, 0) is 25.1 Å². The molecule has 0 fully saturated rings. The highest BCUT2D eigenvalue weighted by molar-refractivity contribution is 7.90. The van der Waals surface area contributed by atoms with Crippen LogP contribution in [-0.4, -0.2) is 50.9 Å². The monoisotopic (exact) mass is 358 g/mol. The van der Waals surface area contributed by atoms with E-state index in [2.05, 4.69) is 10.6 Å². The second-order valence-electron chi connectivity index (χ2n) is 4.76.